The summed E-state index contributed by atoms with van der Waals surface area (Å²) in [4.78, 5) is 0. The van der Waals surface area contributed by atoms with Crippen molar-refractivity contribution in [3.63, 3.8) is 0 Å². The number of fused-ring (bicyclic) bond motifs is 1. The van der Waals surface area contributed by atoms with Crippen molar-refractivity contribution in [3.8, 4) is 5.75 Å². The molecule has 0 aliphatic heterocycles. The lowest BCUT2D eigenvalue weighted by Gasteiger charge is -2.31. The number of rotatable bonds is 3. The summed E-state index contributed by atoms with van der Waals surface area (Å²) in [6.45, 7) is 6.31. The van der Waals surface area contributed by atoms with E-state index in [1.165, 1.54) is 0 Å². The lowest BCUT2D eigenvalue weighted by Crippen LogP contribution is -2.44. The SMILES string of the molecule is CC(C)(O)C(C)(C)O.OB(O)Oc1ccc2ccccc2c1. The maximum absolute atomic E-state index is 9.10. The van der Waals surface area contributed by atoms with Gasteiger partial charge < -0.3 is 24.9 Å². The molecule has 0 radical (unpaired) electrons. The summed E-state index contributed by atoms with van der Waals surface area (Å²) in [5.41, 5.74) is -2.01. The second-order valence-corrected chi connectivity index (χ2v) is 6.07. The number of aliphatic hydroxyl groups is 2. The van der Waals surface area contributed by atoms with Crippen molar-refractivity contribution in [2.45, 2.75) is 38.9 Å². The van der Waals surface area contributed by atoms with Crippen molar-refractivity contribution in [2.24, 2.45) is 0 Å². The van der Waals surface area contributed by atoms with E-state index in [4.69, 9.17) is 24.9 Å². The second kappa shape index (κ2) is 7.11. The minimum absolute atomic E-state index is 0.443. The fraction of sp³-hybridized carbons (Fsp3) is 0.375. The summed E-state index contributed by atoms with van der Waals surface area (Å²) in [7, 11) is -1.77. The van der Waals surface area contributed by atoms with Gasteiger partial charge in [0.05, 0.1) is 11.2 Å². The molecule has 2 aromatic rings. The van der Waals surface area contributed by atoms with Gasteiger partial charge in [0.2, 0.25) is 0 Å². The molecule has 0 saturated carbocycles. The average molecular weight is 306 g/mol. The highest BCUT2D eigenvalue weighted by Gasteiger charge is 2.31. The molecule has 4 N–H and O–H groups in total. The monoisotopic (exact) mass is 306 g/mol. The van der Waals surface area contributed by atoms with Gasteiger partial charge in [-0.2, -0.15) is 0 Å². The normalized spacial score (nSPS) is 11.6. The Labute approximate surface area is 131 Å². The Bertz CT molecular complexity index is 587. The Morgan fingerprint density at radius 3 is 1.77 bits per heavy atom. The van der Waals surface area contributed by atoms with E-state index in [-0.39, 0.29) is 0 Å². The van der Waals surface area contributed by atoms with E-state index in [0.717, 1.165) is 10.8 Å². The van der Waals surface area contributed by atoms with Crippen LogP contribution in [0.15, 0.2) is 42.5 Å². The molecule has 6 heteroatoms. The van der Waals surface area contributed by atoms with Crippen LogP contribution in [0.25, 0.3) is 10.8 Å². The molecular weight excluding hydrogens is 283 g/mol. The number of hydrogen-bond acceptors (Lipinski definition) is 5. The molecule has 2 aromatic carbocycles. The molecule has 0 saturated heterocycles. The zero-order valence-corrected chi connectivity index (χ0v) is 13.3. The van der Waals surface area contributed by atoms with Crippen LogP contribution in [0.2, 0.25) is 0 Å². The summed E-state index contributed by atoms with van der Waals surface area (Å²) in [6, 6.07) is 13.1. The van der Waals surface area contributed by atoms with Crippen molar-refractivity contribution in [1.29, 1.82) is 0 Å². The minimum Gasteiger partial charge on any atom is -0.512 e. The van der Waals surface area contributed by atoms with Gasteiger partial charge in [-0.1, -0.05) is 30.3 Å². The van der Waals surface area contributed by atoms with Gasteiger partial charge in [0.1, 0.15) is 5.75 Å². The van der Waals surface area contributed by atoms with E-state index in [2.05, 4.69) is 0 Å². The van der Waals surface area contributed by atoms with Gasteiger partial charge >= 0.3 is 7.32 Å². The van der Waals surface area contributed by atoms with E-state index < -0.39 is 18.5 Å². The van der Waals surface area contributed by atoms with Gasteiger partial charge in [-0.3, -0.25) is 0 Å². The highest BCUT2D eigenvalue weighted by molar-refractivity contribution is 6.33. The van der Waals surface area contributed by atoms with Gasteiger partial charge in [-0.05, 0) is 50.6 Å². The lowest BCUT2D eigenvalue weighted by atomic mass is 9.90. The van der Waals surface area contributed by atoms with Crippen LogP contribution >= 0.6 is 0 Å². The van der Waals surface area contributed by atoms with E-state index >= 15 is 0 Å². The van der Waals surface area contributed by atoms with Crippen LogP contribution < -0.4 is 4.65 Å². The summed E-state index contributed by atoms with van der Waals surface area (Å²) in [5.74, 6) is 0.443. The van der Waals surface area contributed by atoms with Crippen molar-refractivity contribution >= 4 is 18.1 Å². The Morgan fingerprint density at radius 1 is 0.818 bits per heavy atom. The highest BCUT2D eigenvalue weighted by Crippen LogP contribution is 2.20. The van der Waals surface area contributed by atoms with E-state index in [1.807, 2.05) is 30.3 Å². The first-order valence-corrected chi connectivity index (χ1v) is 6.97. The molecule has 0 aromatic heterocycles. The molecule has 5 nitrogen and oxygen atoms in total. The third-order valence-corrected chi connectivity index (χ3v) is 3.46. The Hall–Kier alpha value is -1.60. The summed E-state index contributed by atoms with van der Waals surface area (Å²) >= 11 is 0. The fourth-order valence-electron chi connectivity index (χ4n) is 1.36. The van der Waals surface area contributed by atoms with Crippen LogP contribution in [0, 0.1) is 0 Å². The van der Waals surface area contributed by atoms with Gasteiger partial charge in [-0.25, -0.2) is 0 Å². The zero-order valence-electron chi connectivity index (χ0n) is 13.3. The largest absolute Gasteiger partial charge is 0.707 e. The molecule has 0 unspecified atom stereocenters. The summed E-state index contributed by atoms with van der Waals surface area (Å²) in [6.07, 6.45) is 0. The maximum Gasteiger partial charge on any atom is 0.707 e. The Morgan fingerprint density at radius 2 is 1.32 bits per heavy atom. The molecule has 0 aliphatic carbocycles. The van der Waals surface area contributed by atoms with E-state index in [9.17, 15) is 0 Å². The first-order chi connectivity index (χ1) is 10.0. The van der Waals surface area contributed by atoms with Gasteiger partial charge in [0, 0.05) is 0 Å². The van der Waals surface area contributed by atoms with Crippen LogP contribution in [-0.2, 0) is 0 Å². The molecule has 0 bridgehead atoms. The van der Waals surface area contributed by atoms with Crippen molar-refractivity contribution in [3.05, 3.63) is 42.5 Å². The van der Waals surface area contributed by atoms with Gasteiger partial charge in [-0.15, -0.1) is 0 Å². The number of hydrogen-bond donors (Lipinski definition) is 4. The highest BCUT2D eigenvalue weighted by atomic mass is 16.6. The molecule has 0 fully saturated rings. The van der Waals surface area contributed by atoms with Gasteiger partial charge in [0.25, 0.3) is 0 Å². The topological polar surface area (TPSA) is 90.2 Å². The third kappa shape index (κ3) is 5.65. The minimum atomic E-state index is -1.77. The smallest absolute Gasteiger partial charge is 0.512 e. The molecule has 22 heavy (non-hydrogen) atoms. The van der Waals surface area contributed by atoms with Crippen molar-refractivity contribution in [1.82, 2.24) is 0 Å². The van der Waals surface area contributed by atoms with Crippen LogP contribution in [0.3, 0.4) is 0 Å². The first-order valence-electron chi connectivity index (χ1n) is 6.97. The zero-order chi connectivity index (χ0) is 17.0. The molecular formula is C16H23BO5. The van der Waals surface area contributed by atoms with Crippen LogP contribution in [0.1, 0.15) is 27.7 Å². The van der Waals surface area contributed by atoms with Crippen LogP contribution in [0.5, 0.6) is 5.75 Å². The molecule has 0 atom stereocenters. The third-order valence-electron chi connectivity index (χ3n) is 3.46. The predicted octanol–water partition coefficient (Wildman–Crippen LogP) is 1.72. The molecule has 0 amide bonds. The molecule has 2 rings (SSSR count). The Balaban J connectivity index is 0.000000261. The Kier molecular flexibility index (Phi) is 5.96. The van der Waals surface area contributed by atoms with E-state index in [0.29, 0.717) is 5.75 Å². The lowest BCUT2D eigenvalue weighted by molar-refractivity contribution is -0.107. The quantitative estimate of drug-likeness (QED) is 0.648. The molecule has 120 valence electrons. The summed E-state index contributed by atoms with van der Waals surface area (Å²) < 4.78 is 4.73. The fourth-order valence-corrected chi connectivity index (χ4v) is 1.36. The second-order valence-electron chi connectivity index (χ2n) is 6.07. The number of benzene rings is 2. The van der Waals surface area contributed by atoms with E-state index in [1.54, 1.807) is 39.8 Å². The molecule has 0 spiro atoms. The van der Waals surface area contributed by atoms with Crippen molar-refractivity contribution < 1.29 is 24.9 Å². The predicted molar refractivity (Wildman–Crippen MR) is 87.4 cm³/mol. The van der Waals surface area contributed by atoms with Crippen LogP contribution in [-0.4, -0.2) is 38.8 Å². The van der Waals surface area contributed by atoms with Crippen LogP contribution in [0.4, 0.5) is 0 Å². The molecule has 0 aliphatic rings. The average Bonchev–Trinajstić information content (AvgIpc) is 2.36. The molecule has 0 heterocycles. The maximum atomic E-state index is 9.10. The standard InChI is InChI=1S/C10H9BO3.C6H14O2/c12-11(13)14-10-6-5-8-3-1-2-4-9(8)7-10;1-5(2,7)6(3,4)8/h1-7,12-13H;7-8H,1-4H3. The van der Waals surface area contributed by atoms with Gasteiger partial charge in [0.15, 0.2) is 0 Å². The van der Waals surface area contributed by atoms with Crippen molar-refractivity contribution in [2.75, 3.05) is 0 Å². The first kappa shape index (κ1) is 18.5. The summed E-state index contributed by atoms with van der Waals surface area (Å²) in [5, 5.41) is 37.5.